The summed E-state index contributed by atoms with van der Waals surface area (Å²) in [6.07, 6.45) is 1.51. The smallest absolute Gasteiger partial charge is 0.254 e. The Labute approximate surface area is 141 Å². The minimum absolute atomic E-state index is 0.187. The Hall–Kier alpha value is -2.67. The number of fused-ring (bicyclic) bond motifs is 1. The van der Waals surface area contributed by atoms with Crippen molar-refractivity contribution in [2.75, 3.05) is 33.1 Å². The first kappa shape index (κ1) is 16.2. The van der Waals surface area contributed by atoms with E-state index in [0.717, 1.165) is 23.8 Å². The summed E-state index contributed by atoms with van der Waals surface area (Å²) in [7, 11) is 5.81. The van der Waals surface area contributed by atoms with Crippen LogP contribution in [0.15, 0.2) is 36.7 Å². The molecule has 0 aliphatic carbocycles. The van der Waals surface area contributed by atoms with Crippen LogP contribution in [0.5, 0.6) is 5.75 Å². The molecule has 0 spiro atoms. The molecule has 7 nitrogen and oxygen atoms in total. The fourth-order valence-electron chi connectivity index (χ4n) is 2.71. The minimum atomic E-state index is 0.187. The molecule has 0 fully saturated rings. The molecule has 0 aliphatic rings. The first-order valence-corrected chi connectivity index (χ1v) is 7.80. The Morgan fingerprint density at radius 3 is 2.88 bits per heavy atom. The third-order valence-corrected chi connectivity index (χ3v) is 3.96. The number of ether oxygens (including phenoxy) is 1. The molecule has 1 unspecified atom stereocenters. The van der Waals surface area contributed by atoms with Gasteiger partial charge in [-0.1, -0.05) is 12.1 Å². The van der Waals surface area contributed by atoms with E-state index < -0.39 is 0 Å². The lowest BCUT2D eigenvalue weighted by Gasteiger charge is -2.26. The van der Waals surface area contributed by atoms with Crippen LogP contribution in [-0.2, 0) is 0 Å². The van der Waals surface area contributed by atoms with Crippen molar-refractivity contribution >= 4 is 11.6 Å². The van der Waals surface area contributed by atoms with Gasteiger partial charge in [0, 0.05) is 18.3 Å². The minimum Gasteiger partial charge on any atom is -0.497 e. The number of methoxy groups -OCH3 is 1. The molecule has 24 heavy (non-hydrogen) atoms. The SMILES string of the molecule is COc1cccc(C(CNc2cc(C)nc3ncnn23)N(C)C)c1. The number of anilines is 1. The Morgan fingerprint density at radius 1 is 1.29 bits per heavy atom. The van der Waals surface area contributed by atoms with Crippen LogP contribution < -0.4 is 10.1 Å². The van der Waals surface area contributed by atoms with E-state index in [4.69, 9.17) is 4.74 Å². The number of aryl methyl sites for hydroxylation is 1. The summed E-state index contributed by atoms with van der Waals surface area (Å²) < 4.78 is 7.05. The standard InChI is InChI=1S/C17H22N6O/c1-12-8-16(23-17(21-12)19-11-20-23)18-10-15(22(2)3)13-6-5-7-14(9-13)24-4/h5-9,11,15,18H,10H2,1-4H3. The lowest BCUT2D eigenvalue weighted by atomic mass is 10.1. The number of hydrogen-bond donors (Lipinski definition) is 1. The van der Waals surface area contributed by atoms with Crippen LogP contribution in [0.25, 0.3) is 5.78 Å². The zero-order valence-corrected chi connectivity index (χ0v) is 14.4. The van der Waals surface area contributed by atoms with E-state index in [9.17, 15) is 0 Å². The maximum Gasteiger partial charge on any atom is 0.254 e. The summed E-state index contributed by atoms with van der Waals surface area (Å²) in [6.45, 7) is 2.67. The zero-order chi connectivity index (χ0) is 17.1. The monoisotopic (exact) mass is 326 g/mol. The third kappa shape index (κ3) is 3.30. The molecule has 3 rings (SSSR count). The number of hydrogen-bond acceptors (Lipinski definition) is 6. The van der Waals surface area contributed by atoms with Gasteiger partial charge in [-0.15, -0.1) is 0 Å². The fourth-order valence-corrected chi connectivity index (χ4v) is 2.71. The molecule has 0 saturated heterocycles. The van der Waals surface area contributed by atoms with Crippen LogP contribution in [0.3, 0.4) is 0 Å². The van der Waals surface area contributed by atoms with Crippen LogP contribution >= 0.6 is 0 Å². The summed E-state index contributed by atoms with van der Waals surface area (Å²) in [5, 5.41) is 7.70. The van der Waals surface area contributed by atoms with E-state index in [-0.39, 0.29) is 6.04 Å². The van der Waals surface area contributed by atoms with E-state index in [1.54, 1.807) is 11.6 Å². The molecule has 1 aromatic carbocycles. The van der Waals surface area contributed by atoms with Gasteiger partial charge in [-0.05, 0) is 38.7 Å². The summed E-state index contributed by atoms with van der Waals surface area (Å²) in [6, 6.07) is 10.3. The first-order chi connectivity index (χ1) is 11.6. The highest BCUT2D eigenvalue weighted by molar-refractivity contribution is 5.45. The predicted octanol–water partition coefficient (Wildman–Crippen LogP) is 2.16. The molecule has 2 aromatic heterocycles. The average molecular weight is 326 g/mol. The van der Waals surface area contributed by atoms with E-state index in [1.165, 1.54) is 11.9 Å². The molecule has 126 valence electrons. The second-order valence-electron chi connectivity index (χ2n) is 5.89. The largest absolute Gasteiger partial charge is 0.497 e. The molecule has 0 aliphatic heterocycles. The van der Waals surface area contributed by atoms with Crippen LogP contribution in [0.1, 0.15) is 17.3 Å². The van der Waals surface area contributed by atoms with Crippen LogP contribution in [0.2, 0.25) is 0 Å². The Balaban J connectivity index is 1.84. The van der Waals surface area contributed by atoms with Gasteiger partial charge in [-0.2, -0.15) is 14.6 Å². The van der Waals surface area contributed by atoms with E-state index in [2.05, 4.69) is 51.5 Å². The Morgan fingerprint density at radius 2 is 2.12 bits per heavy atom. The lowest BCUT2D eigenvalue weighted by molar-refractivity contribution is 0.310. The molecule has 2 heterocycles. The van der Waals surface area contributed by atoms with E-state index in [1.807, 2.05) is 25.1 Å². The number of aromatic nitrogens is 4. The number of nitrogens with zero attached hydrogens (tertiary/aromatic N) is 5. The van der Waals surface area contributed by atoms with Crippen molar-refractivity contribution in [1.82, 2.24) is 24.5 Å². The highest BCUT2D eigenvalue weighted by Crippen LogP contribution is 2.23. The van der Waals surface area contributed by atoms with Gasteiger partial charge in [0.1, 0.15) is 17.9 Å². The van der Waals surface area contributed by atoms with E-state index >= 15 is 0 Å². The van der Waals surface area contributed by atoms with Crippen molar-refractivity contribution in [2.24, 2.45) is 0 Å². The van der Waals surface area contributed by atoms with Gasteiger partial charge in [-0.25, -0.2) is 4.98 Å². The highest BCUT2D eigenvalue weighted by atomic mass is 16.5. The molecule has 1 N–H and O–H groups in total. The molecular weight excluding hydrogens is 304 g/mol. The van der Waals surface area contributed by atoms with Crippen LogP contribution in [0.4, 0.5) is 5.82 Å². The van der Waals surface area contributed by atoms with E-state index in [0.29, 0.717) is 5.78 Å². The number of nitrogens with one attached hydrogen (secondary N) is 1. The molecule has 0 bridgehead atoms. The molecule has 0 saturated carbocycles. The second-order valence-corrected chi connectivity index (χ2v) is 5.89. The third-order valence-electron chi connectivity index (χ3n) is 3.96. The highest BCUT2D eigenvalue weighted by Gasteiger charge is 2.16. The quantitative estimate of drug-likeness (QED) is 0.749. The Bertz CT molecular complexity index is 829. The fraction of sp³-hybridized carbons (Fsp3) is 0.353. The molecular formula is C17H22N6O. The molecule has 3 aromatic rings. The first-order valence-electron chi connectivity index (χ1n) is 7.80. The maximum atomic E-state index is 5.34. The Kier molecular flexibility index (Phi) is 4.61. The van der Waals surface area contributed by atoms with Gasteiger partial charge >= 0.3 is 0 Å². The van der Waals surface area contributed by atoms with Crippen LogP contribution in [-0.4, -0.2) is 52.2 Å². The van der Waals surface area contributed by atoms with Gasteiger partial charge in [0.15, 0.2) is 0 Å². The lowest BCUT2D eigenvalue weighted by Crippen LogP contribution is -2.27. The summed E-state index contributed by atoms with van der Waals surface area (Å²) in [5.74, 6) is 2.34. The van der Waals surface area contributed by atoms with Crippen molar-refractivity contribution in [3.63, 3.8) is 0 Å². The van der Waals surface area contributed by atoms with Crippen molar-refractivity contribution in [3.05, 3.63) is 47.9 Å². The average Bonchev–Trinajstić information content (AvgIpc) is 3.03. The normalized spacial score (nSPS) is 12.5. The molecule has 0 amide bonds. The van der Waals surface area contributed by atoms with Crippen molar-refractivity contribution in [2.45, 2.75) is 13.0 Å². The molecule has 1 atom stereocenters. The van der Waals surface area contributed by atoms with Gasteiger partial charge in [-0.3, -0.25) is 0 Å². The van der Waals surface area contributed by atoms with Gasteiger partial charge in [0.2, 0.25) is 0 Å². The summed E-state index contributed by atoms with van der Waals surface area (Å²) in [4.78, 5) is 10.7. The number of rotatable bonds is 6. The summed E-state index contributed by atoms with van der Waals surface area (Å²) in [5.41, 5.74) is 2.09. The topological polar surface area (TPSA) is 67.6 Å². The maximum absolute atomic E-state index is 5.34. The number of likely N-dealkylation sites (N-methyl/N-ethyl adjacent to an activating group) is 1. The van der Waals surface area contributed by atoms with Gasteiger partial charge in [0.25, 0.3) is 5.78 Å². The second kappa shape index (κ2) is 6.84. The van der Waals surface area contributed by atoms with Gasteiger partial charge in [0.05, 0.1) is 13.2 Å². The van der Waals surface area contributed by atoms with Crippen molar-refractivity contribution in [3.8, 4) is 5.75 Å². The summed E-state index contributed by atoms with van der Waals surface area (Å²) >= 11 is 0. The predicted molar refractivity (Wildman–Crippen MR) is 93.4 cm³/mol. The molecule has 7 heteroatoms. The van der Waals surface area contributed by atoms with Gasteiger partial charge < -0.3 is 15.0 Å². The number of benzene rings is 1. The van der Waals surface area contributed by atoms with Crippen molar-refractivity contribution in [1.29, 1.82) is 0 Å². The molecule has 0 radical (unpaired) electrons. The van der Waals surface area contributed by atoms with Crippen LogP contribution in [0, 0.1) is 6.92 Å². The van der Waals surface area contributed by atoms with Crippen molar-refractivity contribution < 1.29 is 4.74 Å². The zero-order valence-electron chi connectivity index (χ0n) is 14.4.